The van der Waals surface area contributed by atoms with Gasteiger partial charge in [-0.1, -0.05) is 44.0 Å². The Hall–Kier alpha value is -2.41. The van der Waals surface area contributed by atoms with Gasteiger partial charge >= 0.3 is 0 Å². The van der Waals surface area contributed by atoms with Crippen LogP contribution in [-0.4, -0.2) is 30.5 Å². The topological polar surface area (TPSA) is 66.0 Å². The molecule has 2 heterocycles. The highest BCUT2D eigenvalue weighted by atomic mass is 32.2. The molecule has 3 N–H and O–H groups in total. The van der Waals surface area contributed by atoms with Gasteiger partial charge in [0.15, 0.2) is 0 Å². The van der Waals surface area contributed by atoms with Gasteiger partial charge in [0.2, 0.25) is 6.41 Å². The summed E-state index contributed by atoms with van der Waals surface area (Å²) < 4.78 is 3.51. The second-order valence-corrected chi connectivity index (χ2v) is 8.85. The standard InChI is InChI=1S/C11H16N2S.C10H8N2O.C4H8/c1-2-4-11(5-3-1)14-13-10-6-8-12-9-7-10;13-7-12-10-2-1-9-6-11-4-3-8(9)5-10;1-4-2-3-4/h1-5,10,12-13H,6-9H2;1-7H,(H,12,13);4H,2-3H2,1H3. The van der Waals surface area contributed by atoms with E-state index in [1.807, 2.05) is 24.3 Å². The second kappa shape index (κ2) is 13.1. The second-order valence-electron chi connectivity index (χ2n) is 7.94. The van der Waals surface area contributed by atoms with E-state index in [0.717, 1.165) is 35.5 Å². The lowest BCUT2D eigenvalue weighted by Gasteiger charge is -2.22. The first-order chi connectivity index (χ1) is 15.2. The summed E-state index contributed by atoms with van der Waals surface area (Å²) in [7, 11) is 0. The van der Waals surface area contributed by atoms with Crippen molar-refractivity contribution in [1.82, 2.24) is 15.0 Å². The van der Waals surface area contributed by atoms with Crippen molar-refractivity contribution in [3.63, 3.8) is 0 Å². The third kappa shape index (κ3) is 9.09. The summed E-state index contributed by atoms with van der Waals surface area (Å²) in [5, 5.41) is 8.10. The molecule has 2 aromatic carbocycles. The molecule has 0 atom stereocenters. The minimum atomic E-state index is 0.668. The number of aromatic nitrogens is 1. The van der Waals surface area contributed by atoms with Gasteiger partial charge in [0.1, 0.15) is 0 Å². The Morgan fingerprint density at radius 2 is 1.74 bits per heavy atom. The van der Waals surface area contributed by atoms with E-state index in [2.05, 4.69) is 57.6 Å². The van der Waals surface area contributed by atoms with Crippen molar-refractivity contribution in [3.8, 4) is 0 Å². The lowest BCUT2D eigenvalue weighted by atomic mass is 10.1. The molecule has 0 unspecified atom stereocenters. The average Bonchev–Trinajstić information content (AvgIpc) is 3.62. The van der Waals surface area contributed by atoms with Crippen LogP contribution in [0, 0.1) is 5.92 Å². The molecule has 3 aromatic rings. The number of nitrogens with zero attached hydrogens (tertiary/aromatic N) is 1. The number of benzene rings is 2. The molecule has 1 amide bonds. The maximum atomic E-state index is 10.2. The van der Waals surface area contributed by atoms with Crippen molar-refractivity contribution in [2.75, 3.05) is 18.4 Å². The van der Waals surface area contributed by atoms with Crippen molar-refractivity contribution < 1.29 is 4.79 Å². The summed E-state index contributed by atoms with van der Waals surface area (Å²) in [5.74, 6) is 1.08. The number of rotatable bonds is 5. The fourth-order valence-electron chi connectivity index (χ4n) is 2.99. The van der Waals surface area contributed by atoms with E-state index in [9.17, 15) is 4.79 Å². The lowest BCUT2D eigenvalue weighted by molar-refractivity contribution is -0.105. The molecule has 164 valence electrons. The number of nitrogens with one attached hydrogen (secondary N) is 3. The SMILES string of the molecule is CC1CC1.O=CNc1ccc2cnccc2c1.c1ccc(SNC2CCNCC2)cc1. The normalized spacial score (nSPS) is 15.8. The van der Waals surface area contributed by atoms with Crippen molar-refractivity contribution in [3.05, 3.63) is 67.0 Å². The Morgan fingerprint density at radius 1 is 1.00 bits per heavy atom. The summed E-state index contributed by atoms with van der Waals surface area (Å²) in [6.45, 7) is 4.57. The van der Waals surface area contributed by atoms with Crippen LogP contribution in [0.1, 0.15) is 32.6 Å². The van der Waals surface area contributed by atoms with Crippen molar-refractivity contribution in [1.29, 1.82) is 0 Å². The van der Waals surface area contributed by atoms with Crippen LogP contribution in [0.15, 0.2) is 71.9 Å². The van der Waals surface area contributed by atoms with Crippen molar-refractivity contribution in [2.24, 2.45) is 5.92 Å². The monoisotopic (exact) mass is 436 g/mol. The third-order valence-electron chi connectivity index (χ3n) is 5.16. The van der Waals surface area contributed by atoms with Crippen LogP contribution >= 0.6 is 11.9 Å². The number of anilines is 1. The number of fused-ring (bicyclic) bond motifs is 1. The Kier molecular flexibility index (Phi) is 9.83. The number of carbonyl (C=O) groups is 1. The Labute approximate surface area is 189 Å². The zero-order chi connectivity index (χ0) is 21.7. The molecule has 1 aromatic heterocycles. The molecule has 0 radical (unpaired) electrons. The summed E-state index contributed by atoms with van der Waals surface area (Å²) >= 11 is 1.75. The molecule has 2 aliphatic rings. The fourth-order valence-corrected chi connectivity index (χ4v) is 3.82. The van der Waals surface area contributed by atoms with E-state index in [4.69, 9.17) is 0 Å². The molecule has 1 saturated heterocycles. The van der Waals surface area contributed by atoms with Crippen molar-refractivity contribution >= 4 is 34.8 Å². The van der Waals surface area contributed by atoms with E-state index in [0.29, 0.717) is 12.5 Å². The molecule has 2 fully saturated rings. The first-order valence-electron chi connectivity index (χ1n) is 11.0. The quantitative estimate of drug-likeness (QED) is 0.376. The van der Waals surface area contributed by atoms with E-state index in [1.54, 1.807) is 24.3 Å². The minimum Gasteiger partial charge on any atom is -0.329 e. The predicted molar refractivity (Wildman–Crippen MR) is 131 cm³/mol. The van der Waals surface area contributed by atoms with Crippen LogP contribution in [0.25, 0.3) is 10.8 Å². The van der Waals surface area contributed by atoms with Gasteiger partial charge < -0.3 is 10.6 Å². The first-order valence-corrected chi connectivity index (χ1v) is 11.8. The zero-order valence-corrected chi connectivity index (χ0v) is 18.9. The van der Waals surface area contributed by atoms with Gasteiger partial charge in [0.25, 0.3) is 0 Å². The largest absolute Gasteiger partial charge is 0.329 e. The van der Waals surface area contributed by atoms with Crippen LogP contribution in [0.3, 0.4) is 0 Å². The van der Waals surface area contributed by atoms with Gasteiger partial charge in [-0.25, -0.2) is 0 Å². The molecule has 1 aliphatic heterocycles. The molecule has 5 rings (SSSR count). The van der Waals surface area contributed by atoms with Crippen molar-refractivity contribution in [2.45, 2.75) is 43.5 Å². The van der Waals surface area contributed by atoms with Crippen LogP contribution in [0.4, 0.5) is 5.69 Å². The highest BCUT2D eigenvalue weighted by molar-refractivity contribution is 7.97. The molecule has 6 heteroatoms. The van der Waals surface area contributed by atoms with E-state index >= 15 is 0 Å². The summed E-state index contributed by atoms with van der Waals surface area (Å²) in [4.78, 5) is 15.5. The summed E-state index contributed by atoms with van der Waals surface area (Å²) in [6, 6.07) is 18.7. The van der Waals surface area contributed by atoms with E-state index in [1.165, 1.54) is 30.6 Å². The van der Waals surface area contributed by atoms with E-state index in [-0.39, 0.29) is 0 Å². The maximum absolute atomic E-state index is 10.2. The van der Waals surface area contributed by atoms with Gasteiger partial charge in [-0.2, -0.15) is 0 Å². The molecule has 1 aliphatic carbocycles. The number of hydrogen-bond donors (Lipinski definition) is 3. The minimum absolute atomic E-state index is 0.668. The Morgan fingerprint density at radius 3 is 2.42 bits per heavy atom. The van der Waals surface area contributed by atoms with Crippen LogP contribution in [-0.2, 0) is 4.79 Å². The summed E-state index contributed by atoms with van der Waals surface area (Å²) in [6.07, 6.45) is 9.63. The maximum Gasteiger partial charge on any atom is 0.211 e. The molecule has 0 bridgehead atoms. The highest BCUT2D eigenvalue weighted by Crippen LogP contribution is 2.26. The first kappa shape index (κ1) is 23.3. The van der Waals surface area contributed by atoms with Gasteiger partial charge in [0.05, 0.1) is 0 Å². The average molecular weight is 437 g/mol. The van der Waals surface area contributed by atoms with Crippen LogP contribution in [0.2, 0.25) is 0 Å². The summed E-state index contributed by atoms with van der Waals surface area (Å²) in [5.41, 5.74) is 0.800. The number of piperidine rings is 1. The number of amides is 1. The Balaban J connectivity index is 0.000000149. The highest BCUT2D eigenvalue weighted by Gasteiger charge is 2.13. The van der Waals surface area contributed by atoms with Crippen LogP contribution < -0.4 is 15.4 Å². The lowest BCUT2D eigenvalue weighted by Crippen LogP contribution is -2.37. The number of pyridine rings is 1. The fraction of sp³-hybridized carbons (Fsp3) is 0.360. The zero-order valence-electron chi connectivity index (χ0n) is 18.1. The van der Waals surface area contributed by atoms with Gasteiger partial charge in [0, 0.05) is 34.4 Å². The number of carbonyl (C=O) groups excluding carboxylic acids is 1. The molecule has 31 heavy (non-hydrogen) atoms. The molecular weight excluding hydrogens is 404 g/mol. The molecule has 0 spiro atoms. The molecule has 5 nitrogen and oxygen atoms in total. The smallest absolute Gasteiger partial charge is 0.211 e. The van der Waals surface area contributed by atoms with Crippen LogP contribution in [0.5, 0.6) is 0 Å². The molecular formula is C25H32N4OS. The number of hydrogen-bond acceptors (Lipinski definition) is 5. The van der Waals surface area contributed by atoms with Gasteiger partial charge in [-0.3, -0.25) is 14.5 Å². The van der Waals surface area contributed by atoms with Gasteiger partial charge in [-0.05, 0) is 79.5 Å². The van der Waals surface area contributed by atoms with Gasteiger partial charge in [-0.15, -0.1) is 0 Å². The predicted octanol–water partition coefficient (Wildman–Crippen LogP) is 5.25. The third-order valence-corrected chi connectivity index (χ3v) is 6.12. The Bertz CT molecular complexity index is 912. The van der Waals surface area contributed by atoms with E-state index < -0.39 is 0 Å². The molecule has 1 saturated carbocycles.